The molecule has 0 amide bonds. The third-order valence-corrected chi connectivity index (χ3v) is 7.41. The highest BCUT2D eigenvalue weighted by molar-refractivity contribution is 7.45. The van der Waals surface area contributed by atoms with Gasteiger partial charge in [0, 0.05) is 0 Å². The minimum Gasteiger partial charge on any atom is -0.303 e. The number of phosphoric acid groups is 2. The molecular formula is C34H78O8P2. The van der Waals surface area contributed by atoms with Gasteiger partial charge in [-0.05, 0) is 0 Å². The van der Waals surface area contributed by atoms with E-state index >= 15 is 0 Å². The van der Waals surface area contributed by atoms with Gasteiger partial charge in [0.1, 0.15) is 0 Å². The molecule has 0 saturated heterocycles. The second-order valence-corrected chi connectivity index (χ2v) is 14.3. The van der Waals surface area contributed by atoms with Crippen molar-refractivity contribution in [1.82, 2.24) is 0 Å². The van der Waals surface area contributed by atoms with Crippen LogP contribution in [0.4, 0.5) is 0 Å². The zero-order valence-corrected chi connectivity index (χ0v) is 31.4. The molecule has 1 aliphatic carbocycles. The highest BCUT2D eigenvalue weighted by Gasteiger charge is 2.01. The molecule has 0 spiro atoms. The summed E-state index contributed by atoms with van der Waals surface area (Å²) in [4.78, 5) is 43.1. The first-order chi connectivity index (χ1) is 20.8. The van der Waals surface area contributed by atoms with Crippen LogP contribution in [-0.4, -0.2) is 29.4 Å². The first-order valence-electron chi connectivity index (χ1n) is 18.4. The minimum atomic E-state index is -4.64. The Labute approximate surface area is 274 Å². The molecule has 1 aliphatic rings. The Bertz CT molecular complexity index is 482. The quantitative estimate of drug-likeness (QED) is 0.0488. The van der Waals surface area contributed by atoms with Crippen LogP contribution in [0.25, 0.3) is 0 Å². The van der Waals surface area contributed by atoms with Crippen LogP contribution in [0.5, 0.6) is 0 Å². The van der Waals surface area contributed by atoms with Crippen molar-refractivity contribution >= 4 is 15.6 Å². The Morgan fingerprint density at radius 1 is 0.295 bits per heavy atom. The van der Waals surface area contributed by atoms with Crippen molar-refractivity contribution in [2.75, 3.05) is 0 Å². The topological polar surface area (TPSA) is 156 Å². The van der Waals surface area contributed by atoms with Gasteiger partial charge in [0.15, 0.2) is 0 Å². The molecule has 1 rings (SSSR count). The molecule has 1 saturated carbocycles. The predicted octanol–water partition coefficient (Wildman–Crippen LogP) is 11.9. The summed E-state index contributed by atoms with van der Waals surface area (Å²) in [6, 6.07) is 0. The van der Waals surface area contributed by atoms with Gasteiger partial charge in [-0.1, -0.05) is 220 Å². The first-order valence-corrected chi connectivity index (χ1v) is 21.5. The standard InChI is InChI=1S/2C14H30.C6H12.2H3O4P/c2*1-3-5-7-9-11-13-14-12-10-8-6-4-2;1-2-4-6-5-3-1;2*1-5(2,3)4/h2*3-14H2,1-2H3;1-6H2;2*(H3,1,2,3,4). The summed E-state index contributed by atoms with van der Waals surface area (Å²) in [5, 5.41) is 0. The Hall–Kier alpha value is 0.220. The number of hydrogen-bond donors (Lipinski definition) is 6. The van der Waals surface area contributed by atoms with Crippen LogP contribution < -0.4 is 0 Å². The molecule has 6 N–H and O–H groups in total. The van der Waals surface area contributed by atoms with Crippen molar-refractivity contribution in [2.24, 2.45) is 0 Å². The maximum Gasteiger partial charge on any atom is 0.466 e. The van der Waals surface area contributed by atoms with Gasteiger partial charge < -0.3 is 29.4 Å². The lowest BCUT2D eigenvalue weighted by atomic mass is 10.0. The summed E-state index contributed by atoms with van der Waals surface area (Å²) in [6.07, 6.45) is 43.9. The average Bonchev–Trinajstić information content (AvgIpc) is 2.95. The zero-order chi connectivity index (χ0) is 34.2. The lowest BCUT2D eigenvalue weighted by Crippen LogP contribution is -1.85. The van der Waals surface area contributed by atoms with E-state index in [4.69, 9.17) is 38.5 Å². The molecule has 0 aromatic rings. The average molecular weight is 677 g/mol. The van der Waals surface area contributed by atoms with Gasteiger partial charge in [0.05, 0.1) is 0 Å². The van der Waals surface area contributed by atoms with Crippen LogP contribution in [0, 0.1) is 0 Å². The third kappa shape index (κ3) is 90.1. The summed E-state index contributed by atoms with van der Waals surface area (Å²) >= 11 is 0. The lowest BCUT2D eigenvalue weighted by Gasteiger charge is -2.05. The molecule has 1 fully saturated rings. The molecule has 0 unspecified atom stereocenters. The van der Waals surface area contributed by atoms with E-state index in [0.717, 1.165) is 0 Å². The normalized spacial score (nSPS) is 12.8. The van der Waals surface area contributed by atoms with Gasteiger partial charge in [-0.15, -0.1) is 0 Å². The largest absolute Gasteiger partial charge is 0.466 e. The molecule has 10 heteroatoms. The summed E-state index contributed by atoms with van der Waals surface area (Å²) < 4.78 is 17.8. The second kappa shape index (κ2) is 43.2. The molecule has 0 aromatic carbocycles. The van der Waals surface area contributed by atoms with Crippen LogP contribution >= 0.6 is 15.6 Å². The zero-order valence-electron chi connectivity index (χ0n) is 29.6. The van der Waals surface area contributed by atoms with Crippen molar-refractivity contribution in [2.45, 2.75) is 220 Å². The van der Waals surface area contributed by atoms with E-state index in [1.165, 1.54) is 193 Å². The van der Waals surface area contributed by atoms with Crippen molar-refractivity contribution in [1.29, 1.82) is 0 Å². The fraction of sp³-hybridized carbons (Fsp3) is 1.00. The molecule has 0 aliphatic heterocycles. The number of hydrogen-bond acceptors (Lipinski definition) is 2. The van der Waals surface area contributed by atoms with Gasteiger partial charge >= 0.3 is 15.6 Å². The summed E-state index contributed by atoms with van der Waals surface area (Å²) in [5.41, 5.74) is 0. The van der Waals surface area contributed by atoms with Gasteiger partial charge in [0.25, 0.3) is 0 Å². The number of rotatable bonds is 22. The number of unbranched alkanes of at least 4 members (excludes halogenated alkanes) is 22. The van der Waals surface area contributed by atoms with Crippen molar-refractivity contribution in [3.8, 4) is 0 Å². The van der Waals surface area contributed by atoms with Crippen LogP contribution in [0.3, 0.4) is 0 Å². The fourth-order valence-corrected chi connectivity index (χ4v) is 4.89. The van der Waals surface area contributed by atoms with E-state index in [2.05, 4.69) is 27.7 Å². The molecule has 0 atom stereocenters. The molecule has 0 radical (unpaired) electrons. The van der Waals surface area contributed by atoms with Crippen LogP contribution in [0.15, 0.2) is 0 Å². The van der Waals surface area contributed by atoms with Crippen molar-refractivity contribution in [3.05, 3.63) is 0 Å². The molecule has 0 heterocycles. The first kappa shape index (κ1) is 51.1. The lowest BCUT2D eigenvalue weighted by molar-refractivity contribution is 0.272. The van der Waals surface area contributed by atoms with Gasteiger partial charge in [-0.25, -0.2) is 9.13 Å². The molecule has 44 heavy (non-hydrogen) atoms. The smallest absolute Gasteiger partial charge is 0.303 e. The summed E-state index contributed by atoms with van der Waals surface area (Å²) in [7, 11) is -9.28. The van der Waals surface area contributed by atoms with E-state index in [9.17, 15) is 0 Å². The highest BCUT2D eigenvalue weighted by Crippen LogP contribution is 2.26. The molecule has 0 bridgehead atoms. The fourth-order valence-electron chi connectivity index (χ4n) is 4.89. The molecule has 8 nitrogen and oxygen atoms in total. The Morgan fingerprint density at radius 3 is 0.477 bits per heavy atom. The molecular weight excluding hydrogens is 598 g/mol. The minimum absolute atomic E-state index is 1.37. The van der Waals surface area contributed by atoms with Crippen molar-refractivity contribution < 1.29 is 38.5 Å². The monoisotopic (exact) mass is 677 g/mol. The van der Waals surface area contributed by atoms with E-state index < -0.39 is 15.6 Å². The SMILES string of the molecule is C1CCCCC1.CCCCCCCCCCCCCC.CCCCCCCCCCCCCC.O=P(O)(O)O.O=P(O)(O)O. The van der Waals surface area contributed by atoms with Gasteiger partial charge in [0.2, 0.25) is 0 Å². The highest BCUT2D eigenvalue weighted by atomic mass is 31.2. The summed E-state index contributed by atoms with van der Waals surface area (Å²) in [6.45, 7) is 9.14. The van der Waals surface area contributed by atoms with E-state index in [1.807, 2.05) is 0 Å². The van der Waals surface area contributed by atoms with Crippen molar-refractivity contribution in [3.63, 3.8) is 0 Å². The van der Waals surface area contributed by atoms with Crippen LogP contribution in [-0.2, 0) is 9.13 Å². The van der Waals surface area contributed by atoms with E-state index in [1.54, 1.807) is 0 Å². The van der Waals surface area contributed by atoms with E-state index in [-0.39, 0.29) is 0 Å². The van der Waals surface area contributed by atoms with E-state index in [0.29, 0.717) is 0 Å². The molecule has 0 aromatic heterocycles. The van der Waals surface area contributed by atoms with Crippen LogP contribution in [0.2, 0.25) is 0 Å². The van der Waals surface area contributed by atoms with Crippen LogP contribution in [0.1, 0.15) is 220 Å². The Kier molecular flexibility index (Phi) is 50.2. The third-order valence-electron chi connectivity index (χ3n) is 7.41. The maximum absolute atomic E-state index is 8.88. The Morgan fingerprint density at radius 2 is 0.386 bits per heavy atom. The summed E-state index contributed by atoms with van der Waals surface area (Å²) in [5.74, 6) is 0. The molecule has 272 valence electrons. The second-order valence-electron chi connectivity index (χ2n) is 12.2. The Balaban J connectivity index is -0.000000246. The maximum atomic E-state index is 8.88. The predicted molar refractivity (Wildman–Crippen MR) is 190 cm³/mol. The van der Waals surface area contributed by atoms with Gasteiger partial charge in [-0.2, -0.15) is 0 Å². The van der Waals surface area contributed by atoms with Gasteiger partial charge in [-0.3, -0.25) is 0 Å².